The third-order valence-corrected chi connectivity index (χ3v) is 5.84. The number of carbonyl (C=O) groups is 3. The van der Waals surface area contributed by atoms with Gasteiger partial charge in [0.25, 0.3) is 0 Å². The highest BCUT2D eigenvalue weighted by Gasteiger charge is 2.44. The minimum absolute atomic E-state index is 0.0553. The van der Waals surface area contributed by atoms with Crippen LogP contribution in [0.15, 0.2) is 60.7 Å². The lowest BCUT2D eigenvalue weighted by atomic mass is 9.99. The standard InChI is InChI=1S/C29H39N3O4/c1-20(2)18-24(31-28(35)36-29(3,4)5)27(34)32(23-16-17-23)25(22-14-10-7-11-15-22)26(33)30-19-21-12-8-6-9-13-21/h6-15,20,23-25H,16-19H2,1-5H3,(H,30,33)(H,31,35). The molecule has 194 valence electrons. The van der Waals surface area contributed by atoms with Gasteiger partial charge in [-0.05, 0) is 57.1 Å². The number of benzene rings is 2. The van der Waals surface area contributed by atoms with Crippen molar-refractivity contribution >= 4 is 17.9 Å². The summed E-state index contributed by atoms with van der Waals surface area (Å²) in [5.74, 6) is -0.358. The predicted molar refractivity (Wildman–Crippen MR) is 140 cm³/mol. The number of hydrogen-bond acceptors (Lipinski definition) is 4. The van der Waals surface area contributed by atoms with Crippen LogP contribution < -0.4 is 10.6 Å². The highest BCUT2D eigenvalue weighted by Crippen LogP contribution is 2.36. The van der Waals surface area contributed by atoms with Crippen molar-refractivity contribution in [3.8, 4) is 0 Å². The van der Waals surface area contributed by atoms with Crippen molar-refractivity contribution in [2.75, 3.05) is 0 Å². The Kier molecular flexibility index (Phi) is 9.13. The zero-order chi connectivity index (χ0) is 26.3. The number of nitrogens with one attached hydrogen (secondary N) is 2. The zero-order valence-corrected chi connectivity index (χ0v) is 22.0. The monoisotopic (exact) mass is 493 g/mol. The number of alkyl carbamates (subject to hydrolysis) is 1. The highest BCUT2D eigenvalue weighted by molar-refractivity contribution is 5.92. The molecule has 2 N–H and O–H groups in total. The van der Waals surface area contributed by atoms with Crippen molar-refractivity contribution < 1.29 is 19.1 Å². The Morgan fingerprint density at radius 1 is 0.972 bits per heavy atom. The smallest absolute Gasteiger partial charge is 0.408 e. The molecule has 7 nitrogen and oxygen atoms in total. The summed E-state index contributed by atoms with van der Waals surface area (Å²) in [6.45, 7) is 9.71. The lowest BCUT2D eigenvalue weighted by Crippen LogP contribution is -2.54. The number of ether oxygens (including phenoxy) is 1. The van der Waals surface area contributed by atoms with Gasteiger partial charge in [0.15, 0.2) is 0 Å². The summed E-state index contributed by atoms with van der Waals surface area (Å²) in [5, 5.41) is 5.81. The summed E-state index contributed by atoms with van der Waals surface area (Å²) in [6, 6.07) is 17.4. The van der Waals surface area contributed by atoms with Crippen LogP contribution in [0.2, 0.25) is 0 Å². The van der Waals surface area contributed by atoms with Crippen LogP contribution in [0.4, 0.5) is 4.79 Å². The first-order chi connectivity index (χ1) is 17.0. The van der Waals surface area contributed by atoms with E-state index >= 15 is 0 Å². The summed E-state index contributed by atoms with van der Waals surface area (Å²) in [7, 11) is 0. The van der Waals surface area contributed by atoms with E-state index in [2.05, 4.69) is 10.6 Å². The van der Waals surface area contributed by atoms with E-state index < -0.39 is 23.8 Å². The Morgan fingerprint density at radius 3 is 2.08 bits per heavy atom. The molecule has 1 aliphatic carbocycles. The molecule has 0 radical (unpaired) electrons. The molecular weight excluding hydrogens is 454 g/mol. The van der Waals surface area contributed by atoms with Crippen LogP contribution in [-0.2, 0) is 20.9 Å². The van der Waals surface area contributed by atoms with Crippen molar-refractivity contribution in [3.63, 3.8) is 0 Å². The first-order valence-corrected chi connectivity index (χ1v) is 12.7. The van der Waals surface area contributed by atoms with E-state index in [9.17, 15) is 14.4 Å². The largest absolute Gasteiger partial charge is 0.444 e. The van der Waals surface area contributed by atoms with Crippen LogP contribution in [-0.4, -0.2) is 40.5 Å². The number of rotatable bonds is 10. The van der Waals surface area contributed by atoms with Gasteiger partial charge in [-0.25, -0.2) is 4.79 Å². The quantitative estimate of drug-likeness (QED) is 0.489. The van der Waals surface area contributed by atoms with Crippen LogP contribution in [0.3, 0.4) is 0 Å². The maximum atomic E-state index is 14.0. The molecule has 0 saturated heterocycles. The van der Waals surface area contributed by atoms with E-state index in [1.165, 1.54) is 0 Å². The Morgan fingerprint density at radius 2 is 1.56 bits per heavy atom. The van der Waals surface area contributed by atoms with Crippen molar-refractivity contribution in [3.05, 3.63) is 71.8 Å². The third-order valence-electron chi connectivity index (χ3n) is 5.84. The van der Waals surface area contributed by atoms with Crippen molar-refractivity contribution in [2.24, 2.45) is 5.92 Å². The van der Waals surface area contributed by atoms with Crippen LogP contribution in [0, 0.1) is 5.92 Å². The normalized spacial score (nSPS) is 15.1. The molecule has 3 rings (SSSR count). The third kappa shape index (κ3) is 8.11. The highest BCUT2D eigenvalue weighted by atomic mass is 16.6. The van der Waals surface area contributed by atoms with Crippen LogP contribution in [0.5, 0.6) is 0 Å². The van der Waals surface area contributed by atoms with Gasteiger partial charge in [-0.1, -0.05) is 74.5 Å². The summed E-state index contributed by atoms with van der Waals surface area (Å²) in [5.41, 5.74) is 1.03. The van der Waals surface area contributed by atoms with E-state index in [4.69, 9.17) is 4.74 Å². The minimum atomic E-state index is -0.801. The SMILES string of the molecule is CC(C)CC(NC(=O)OC(C)(C)C)C(=O)N(C1CC1)C(C(=O)NCc1ccccc1)c1ccccc1. The van der Waals surface area contributed by atoms with Crippen molar-refractivity contribution in [1.82, 2.24) is 15.5 Å². The second kappa shape index (κ2) is 12.1. The van der Waals surface area contributed by atoms with Gasteiger partial charge in [0.1, 0.15) is 17.7 Å². The molecule has 0 bridgehead atoms. The molecule has 2 unspecified atom stereocenters. The molecular formula is C29H39N3O4. The molecule has 2 aromatic carbocycles. The summed E-state index contributed by atoms with van der Waals surface area (Å²) < 4.78 is 5.44. The number of amides is 3. The summed E-state index contributed by atoms with van der Waals surface area (Å²) in [4.78, 5) is 42.0. The fraction of sp³-hybridized carbons (Fsp3) is 0.483. The maximum Gasteiger partial charge on any atom is 0.408 e. The Bertz CT molecular complexity index is 1010. The molecule has 0 aliphatic heterocycles. The van der Waals surface area contributed by atoms with Crippen LogP contribution in [0.1, 0.15) is 71.0 Å². The Hall–Kier alpha value is -3.35. The lowest BCUT2D eigenvalue weighted by Gasteiger charge is -2.35. The number of carbonyl (C=O) groups excluding carboxylic acids is 3. The molecule has 2 aromatic rings. The molecule has 3 amide bonds. The van der Waals surface area contributed by atoms with Gasteiger partial charge in [-0.2, -0.15) is 0 Å². The van der Waals surface area contributed by atoms with E-state index in [0.717, 1.165) is 24.0 Å². The molecule has 0 heterocycles. The van der Waals surface area contributed by atoms with Gasteiger partial charge >= 0.3 is 6.09 Å². The van der Waals surface area contributed by atoms with E-state index in [1.54, 1.807) is 25.7 Å². The maximum absolute atomic E-state index is 14.0. The second-order valence-electron chi connectivity index (χ2n) is 10.8. The molecule has 0 aromatic heterocycles. The molecule has 2 atom stereocenters. The molecule has 1 saturated carbocycles. The van der Waals surface area contributed by atoms with Gasteiger partial charge in [-0.3, -0.25) is 9.59 Å². The molecule has 0 spiro atoms. The van der Waals surface area contributed by atoms with Crippen molar-refractivity contribution in [1.29, 1.82) is 0 Å². The fourth-order valence-corrected chi connectivity index (χ4v) is 4.15. The first-order valence-electron chi connectivity index (χ1n) is 12.7. The average molecular weight is 494 g/mol. The fourth-order valence-electron chi connectivity index (χ4n) is 4.15. The van der Waals surface area contributed by atoms with Gasteiger partial charge in [0.05, 0.1) is 0 Å². The Balaban J connectivity index is 1.89. The molecule has 1 aliphatic rings. The molecule has 36 heavy (non-hydrogen) atoms. The zero-order valence-electron chi connectivity index (χ0n) is 22.0. The van der Waals surface area contributed by atoms with Crippen LogP contribution >= 0.6 is 0 Å². The summed E-state index contributed by atoms with van der Waals surface area (Å²) >= 11 is 0. The molecule has 1 fully saturated rings. The molecule has 7 heteroatoms. The van der Waals surface area contributed by atoms with E-state index in [0.29, 0.717) is 13.0 Å². The van der Waals surface area contributed by atoms with Gasteiger partial charge in [0, 0.05) is 12.6 Å². The van der Waals surface area contributed by atoms with Gasteiger partial charge < -0.3 is 20.3 Å². The van der Waals surface area contributed by atoms with Gasteiger partial charge in [0.2, 0.25) is 11.8 Å². The second-order valence-corrected chi connectivity index (χ2v) is 10.8. The summed E-state index contributed by atoms with van der Waals surface area (Å²) in [6.07, 6.45) is 1.44. The Labute approximate surface area is 214 Å². The predicted octanol–water partition coefficient (Wildman–Crippen LogP) is 4.97. The average Bonchev–Trinajstić information content (AvgIpc) is 3.65. The lowest BCUT2D eigenvalue weighted by molar-refractivity contribution is -0.143. The number of hydrogen-bond donors (Lipinski definition) is 2. The van der Waals surface area contributed by atoms with Crippen molar-refractivity contribution in [2.45, 2.75) is 84.2 Å². The van der Waals surface area contributed by atoms with Gasteiger partial charge in [-0.15, -0.1) is 0 Å². The minimum Gasteiger partial charge on any atom is -0.444 e. The van der Waals surface area contributed by atoms with E-state index in [-0.39, 0.29) is 23.8 Å². The first kappa shape index (κ1) is 27.2. The number of nitrogens with zero attached hydrogens (tertiary/aromatic N) is 1. The van der Waals surface area contributed by atoms with Crippen LogP contribution in [0.25, 0.3) is 0 Å². The topological polar surface area (TPSA) is 87.7 Å². The van der Waals surface area contributed by atoms with E-state index in [1.807, 2.05) is 74.5 Å².